The van der Waals surface area contributed by atoms with Gasteiger partial charge in [-0.1, -0.05) is 12.1 Å². The van der Waals surface area contributed by atoms with Gasteiger partial charge in [0.1, 0.15) is 17.2 Å². The number of rotatable bonds is 2. The van der Waals surface area contributed by atoms with Gasteiger partial charge in [-0.3, -0.25) is 0 Å². The monoisotopic (exact) mass is 347 g/mol. The maximum Gasteiger partial charge on any atom is 0.410 e. The molecular formula is C17H21N3O5. The molecule has 0 saturated carbocycles. The average molecular weight is 347 g/mol. The molecule has 0 spiro atoms. The highest BCUT2D eigenvalue weighted by Gasteiger charge is 2.38. The maximum absolute atomic E-state index is 12.2. The summed E-state index contributed by atoms with van der Waals surface area (Å²) in [5, 5.41) is 9.59. The largest absolute Gasteiger partial charge is 0.480 e. The van der Waals surface area contributed by atoms with Crippen molar-refractivity contribution in [3.8, 4) is 0 Å². The van der Waals surface area contributed by atoms with E-state index in [4.69, 9.17) is 9.15 Å². The van der Waals surface area contributed by atoms with Crippen molar-refractivity contribution in [1.29, 1.82) is 0 Å². The summed E-state index contributed by atoms with van der Waals surface area (Å²) in [6.45, 7) is 5.94. The van der Waals surface area contributed by atoms with Gasteiger partial charge in [0.15, 0.2) is 5.58 Å². The number of anilines is 1. The van der Waals surface area contributed by atoms with Gasteiger partial charge in [-0.15, -0.1) is 0 Å². The third-order valence-corrected chi connectivity index (χ3v) is 3.85. The fourth-order valence-electron chi connectivity index (χ4n) is 2.70. The number of fused-ring (bicyclic) bond motifs is 1. The van der Waals surface area contributed by atoms with E-state index in [2.05, 4.69) is 4.98 Å². The smallest absolute Gasteiger partial charge is 0.410 e. The van der Waals surface area contributed by atoms with Gasteiger partial charge in [-0.05, 0) is 32.9 Å². The molecule has 8 nitrogen and oxygen atoms in total. The minimum absolute atomic E-state index is 0.00295. The van der Waals surface area contributed by atoms with E-state index in [0.717, 1.165) is 0 Å². The van der Waals surface area contributed by atoms with E-state index in [9.17, 15) is 14.7 Å². The number of nitrogens with zero attached hydrogens (tertiary/aromatic N) is 3. The van der Waals surface area contributed by atoms with Crippen LogP contribution in [0.3, 0.4) is 0 Å². The van der Waals surface area contributed by atoms with E-state index >= 15 is 0 Å². The summed E-state index contributed by atoms with van der Waals surface area (Å²) < 4.78 is 11.0. The van der Waals surface area contributed by atoms with Crippen molar-refractivity contribution in [3.05, 3.63) is 24.3 Å². The van der Waals surface area contributed by atoms with Gasteiger partial charge in [0, 0.05) is 13.1 Å². The number of aliphatic carboxylic acids is 1. The van der Waals surface area contributed by atoms with Crippen LogP contribution in [0, 0.1) is 0 Å². The Morgan fingerprint density at radius 3 is 2.64 bits per heavy atom. The molecule has 1 N–H and O–H groups in total. The predicted molar refractivity (Wildman–Crippen MR) is 90.6 cm³/mol. The van der Waals surface area contributed by atoms with Crippen molar-refractivity contribution in [2.24, 2.45) is 0 Å². The molecule has 2 aromatic rings. The predicted octanol–water partition coefficient (Wildman–Crippen LogP) is 2.34. The van der Waals surface area contributed by atoms with Crippen LogP contribution in [-0.4, -0.2) is 58.3 Å². The second-order valence-electron chi connectivity index (χ2n) is 6.94. The van der Waals surface area contributed by atoms with Crippen LogP contribution in [0.5, 0.6) is 0 Å². The first-order chi connectivity index (χ1) is 11.7. The topological polar surface area (TPSA) is 96.1 Å². The fourth-order valence-corrected chi connectivity index (χ4v) is 2.70. The number of piperazine rings is 1. The molecule has 0 radical (unpaired) electrons. The van der Waals surface area contributed by atoms with Gasteiger partial charge < -0.3 is 24.1 Å². The zero-order valence-corrected chi connectivity index (χ0v) is 14.4. The van der Waals surface area contributed by atoms with E-state index in [0.29, 0.717) is 24.2 Å². The minimum atomic E-state index is -1.05. The first-order valence-corrected chi connectivity index (χ1v) is 8.07. The molecule has 1 aliphatic heterocycles. The summed E-state index contributed by atoms with van der Waals surface area (Å²) in [5.74, 6) is -1.05. The molecule has 1 aliphatic rings. The third-order valence-electron chi connectivity index (χ3n) is 3.85. The van der Waals surface area contributed by atoms with Crippen LogP contribution < -0.4 is 4.90 Å². The lowest BCUT2D eigenvalue weighted by atomic mass is 10.2. The van der Waals surface area contributed by atoms with Crippen molar-refractivity contribution < 1.29 is 23.8 Å². The summed E-state index contributed by atoms with van der Waals surface area (Å²) in [6, 6.07) is 6.54. The number of ether oxygens (including phenoxy) is 1. The van der Waals surface area contributed by atoms with Gasteiger partial charge in [0.05, 0.1) is 6.54 Å². The van der Waals surface area contributed by atoms with E-state index in [1.807, 2.05) is 12.1 Å². The van der Waals surface area contributed by atoms with Crippen LogP contribution in [0.4, 0.5) is 10.8 Å². The number of carboxylic acid groups (broad SMARTS) is 1. The van der Waals surface area contributed by atoms with E-state index in [1.54, 1.807) is 37.8 Å². The zero-order valence-electron chi connectivity index (χ0n) is 14.4. The van der Waals surface area contributed by atoms with Crippen LogP contribution in [0.1, 0.15) is 20.8 Å². The molecule has 1 saturated heterocycles. The fraction of sp³-hybridized carbons (Fsp3) is 0.471. The summed E-state index contributed by atoms with van der Waals surface area (Å²) in [4.78, 5) is 31.3. The van der Waals surface area contributed by atoms with Gasteiger partial charge >= 0.3 is 12.1 Å². The number of carbonyl (C=O) groups is 2. The van der Waals surface area contributed by atoms with Crippen LogP contribution in [0.15, 0.2) is 28.7 Å². The van der Waals surface area contributed by atoms with Gasteiger partial charge in [-0.25, -0.2) is 9.59 Å². The van der Waals surface area contributed by atoms with Crippen LogP contribution >= 0.6 is 0 Å². The number of aromatic nitrogens is 1. The van der Waals surface area contributed by atoms with Crippen molar-refractivity contribution in [1.82, 2.24) is 9.88 Å². The molecule has 0 bridgehead atoms. The third kappa shape index (κ3) is 3.67. The molecule has 0 aliphatic carbocycles. The summed E-state index contributed by atoms with van der Waals surface area (Å²) in [5.41, 5.74) is 0.625. The Labute approximate surface area is 145 Å². The molecule has 8 heteroatoms. The highest BCUT2D eigenvalue weighted by Crippen LogP contribution is 2.25. The van der Waals surface area contributed by atoms with E-state index in [-0.39, 0.29) is 12.6 Å². The Morgan fingerprint density at radius 2 is 2.00 bits per heavy atom. The Hall–Kier alpha value is -2.77. The second-order valence-corrected chi connectivity index (χ2v) is 6.94. The van der Waals surface area contributed by atoms with Crippen LogP contribution in [0.2, 0.25) is 0 Å². The van der Waals surface area contributed by atoms with Crippen LogP contribution in [-0.2, 0) is 9.53 Å². The second kappa shape index (κ2) is 6.27. The lowest BCUT2D eigenvalue weighted by Crippen LogP contribution is -2.58. The first-order valence-electron chi connectivity index (χ1n) is 8.07. The number of amides is 1. The lowest BCUT2D eigenvalue weighted by Gasteiger charge is -2.38. The first kappa shape index (κ1) is 17.1. The van der Waals surface area contributed by atoms with Crippen LogP contribution in [0.25, 0.3) is 11.1 Å². The SMILES string of the molecule is CC(C)(C)OC(=O)N1CCN(c2nc3ccccc3o2)C(C(=O)O)C1. The molecule has 2 heterocycles. The normalized spacial score (nSPS) is 18.4. The van der Waals surface area contributed by atoms with E-state index in [1.165, 1.54) is 4.90 Å². The van der Waals surface area contributed by atoms with Crippen molar-refractivity contribution >= 4 is 29.2 Å². The van der Waals surface area contributed by atoms with Crippen molar-refractivity contribution in [3.63, 3.8) is 0 Å². The molecule has 1 atom stereocenters. The number of benzene rings is 1. The Balaban J connectivity index is 1.80. The Morgan fingerprint density at radius 1 is 1.28 bits per heavy atom. The number of hydrogen-bond acceptors (Lipinski definition) is 6. The number of carbonyl (C=O) groups excluding carboxylic acids is 1. The van der Waals surface area contributed by atoms with Gasteiger partial charge in [0.2, 0.25) is 0 Å². The van der Waals surface area contributed by atoms with Gasteiger partial charge in [-0.2, -0.15) is 4.98 Å². The molecule has 1 fully saturated rings. The summed E-state index contributed by atoms with van der Waals surface area (Å²) >= 11 is 0. The maximum atomic E-state index is 12.2. The lowest BCUT2D eigenvalue weighted by molar-refractivity contribution is -0.139. The number of para-hydroxylation sites is 2. The molecule has 1 unspecified atom stereocenters. The Bertz CT molecular complexity index is 762. The molecule has 1 aromatic carbocycles. The molecule has 1 aromatic heterocycles. The van der Waals surface area contributed by atoms with Crippen molar-refractivity contribution in [2.75, 3.05) is 24.5 Å². The summed E-state index contributed by atoms with van der Waals surface area (Å²) in [6.07, 6.45) is -0.518. The molecule has 134 valence electrons. The standard InChI is InChI=1S/C17H21N3O5/c1-17(2,3)25-16(23)19-8-9-20(12(10-19)14(21)22)15-18-11-6-4-5-7-13(11)24-15/h4-7,12H,8-10H2,1-3H3,(H,21,22). The highest BCUT2D eigenvalue weighted by atomic mass is 16.6. The quantitative estimate of drug-likeness (QED) is 0.890. The van der Waals surface area contributed by atoms with Gasteiger partial charge in [0.25, 0.3) is 6.01 Å². The number of carboxylic acids is 1. The number of oxazole rings is 1. The molecular weight excluding hydrogens is 326 g/mol. The summed E-state index contributed by atoms with van der Waals surface area (Å²) in [7, 11) is 0. The van der Waals surface area contributed by atoms with E-state index < -0.39 is 23.7 Å². The minimum Gasteiger partial charge on any atom is -0.480 e. The molecule has 25 heavy (non-hydrogen) atoms. The zero-order chi connectivity index (χ0) is 18.2. The average Bonchev–Trinajstić information content (AvgIpc) is 2.96. The molecule has 1 amide bonds. The molecule has 3 rings (SSSR count). The Kier molecular flexibility index (Phi) is 4.28. The number of hydrogen-bond donors (Lipinski definition) is 1. The highest BCUT2D eigenvalue weighted by molar-refractivity contribution is 5.81. The van der Waals surface area contributed by atoms with Crippen molar-refractivity contribution in [2.45, 2.75) is 32.4 Å².